The summed E-state index contributed by atoms with van der Waals surface area (Å²) in [5.74, 6) is 0. The monoisotopic (exact) mass is 232 g/mol. The Kier molecular flexibility index (Phi) is 2.60. The Morgan fingerprint density at radius 2 is 2.00 bits per heavy atom. The van der Waals surface area contributed by atoms with Gasteiger partial charge in [-0.1, -0.05) is 12.1 Å². The van der Waals surface area contributed by atoms with Gasteiger partial charge in [0.15, 0.2) is 0 Å². The van der Waals surface area contributed by atoms with Gasteiger partial charge in [-0.3, -0.25) is 4.90 Å². The number of benzene rings is 1. The van der Waals surface area contributed by atoms with Crippen LogP contribution in [0.25, 0.3) is 0 Å². The van der Waals surface area contributed by atoms with Crippen LogP contribution in [0.5, 0.6) is 0 Å². The van der Waals surface area contributed by atoms with Gasteiger partial charge in [-0.15, -0.1) is 0 Å². The predicted molar refractivity (Wildman–Crippen MR) is 68.6 cm³/mol. The molecule has 0 amide bonds. The molecular weight excluding hydrogens is 212 g/mol. The Labute approximate surface area is 103 Å². The van der Waals surface area contributed by atoms with Gasteiger partial charge in [-0.05, 0) is 37.0 Å². The lowest BCUT2D eigenvalue weighted by Crippen LogP contribution is -2.47. The van der Waals surface area contributed by atoms with Gasteiger partial charge in [0.25, 0.3) is 0 Å². The van der Waals surface area contributed by atoms with Gasteiger partial charge >= 0.3 is 0 Å². The third kappa shape index (κ3) is 1.83. The molecule has 3 heteroatoms. The number of anilines is 1. The Bertz CT molecular complexity index is 424. The maximum atomic E-state index is 6.06. The zero-order chi connectivity index (χ0) is 11.9. The third-order valence-corrected chi connectivity index (χ3v) is 4.35. The van der Waals surface area contributed by atoms with E-state index in [1.165, 1.54) is 11.1 Å². The van der Waals surface area contributed by atoms with Crippen LogP contribution in [-0.2, 0) is 17.8 Å². The van der Waals surface area contributed by atoms with E-state index in [0.29, 0.717) is 0 Å². The number of rotatable bonds is 1. The second-order valence-corrected chi connectivity index (χ2v) is 5.45. The number of hydrogen-bond acceptors (Lipinski definition) is 3. The highest BCUT2D eigenvalue weighted by Crippen LogP contribution is 2.36. The van der Waals surface area contributed by atoms with Crippen LogP contribution in [-0.4, -0.2) is 23.7 Å². The number of hydrogen-bond donors (Lipinski definition) is 1. The molecule has 2 aliphatic rings. The van der Waals surface area contributed by atoms with E-state index in [4.69, 9.17) is 10.5 Å². The third-order valence-electron chi connectivity index (χ3n) is 4.35. The van der Waals surface area contributed by atoms with Gasteiger partial charge in [0.05, 0.1) is 0 Å². The van der Waals surface area contributed by atoms with Crippen LogP contribution in [0, 0.1) is 0 Å². The smallest absolute Gasteiger partial charge is 0.0483 e. The Morgan fingerprint density at radius 1 is 1.24 bits per heavy atom. The second-order valence-electron chi connectivity index (χ2n) is 5.45. The number of nitrogens with two attached hydrogens (primary N) is 1. The molecule has 2 N–H and O–H groups in total. The summed E-state index contributed by atoms with van der Waals surface area (Å²) < 4.78 is 5.47. The van der Waals surface area contributed by atoms with Gasteiger partial charge in [0, 0.05) is 37.5 Å². The second kappa shape index (κ2) is 4.00. The molecule has 0 aromatic heterocycles. The first-order chi connectivity index (χ1) is 8.19. The van der Waals surface area contributed by atoms with Gasteiger partial charge < -0.3 is 10.5 Å². The average molecular weight is 232 g/mol. The fraction of sp³-hybridized carbons (Fsp3) is 0.571. The molecule has 3 rings (SSSR count). The normalized spacial score (nSPS) is 23.6. The molecular formula is C14H20N2O. The summed E-state index contributed by atoms with van der Waals surface area (Å²) in [5, 5.41) is 0. The highest BCUT2D eigenvalue weighted by atomic mass is 16.5. The summed E-state index contributed by atoms with van der Waals surface area (Å²) in [6.45, 7) is 6.17. The van der Waals surface area contributed by atoms with Crippen molar-refractivity contribution >= 4 is 5.69 Å². The Morgan fingerprint density at radius 3 is 2.71 bits per heavy atom. The van der Waals surface area contributed by atoms with Crippen LogP contribution in [0.3, 0.4) is 0 Å². The Balaban J connectivity index is 1.83. The average Bonchev–Trinajstić information content (AvgIpc) is 2.76. The number of fused-ring (bicyclic) bond motifs is 1. The molecule has 2 heterocycles. The van der Waals surface area contributed by atoms with Crippen molar-refractivity contribution in [3.63, 3.8) is 0 Å². The van der Waals surface area contributed by atoms with E-state index < -0.39 is 0 Å². The molecule has 1 aromatic rings. The van der Waals surface area contributed by atoms with E-state index in [1.54, 1.807) is 0 Å². The number of nitrogen functional groups attached to an aromatic ring is 1. The van der Waals surface area contributed by atoms with Crippen molar-refractivity contribution in [1.82, 2.24) is 4.90 Å². The zero-order valence-electron chi connectivity index (χ0n) is 10.4. The lowest BCUT2D eigenvalue weighted by atomic mass is 9.90. The van der Waals surface area contributed by atoms with E-state index in [-0.39, 0.29) is 5.54 Å². The minimum absolute atomic E-state index is 0.281. The minimum Gasteiger partial charge on any atom is -0.398 e. The van der Waals surface area contributed by atoms with E-state index in [0.717, 1.165) is 44.8 Å². The van der Waals surface area contributed by atoms with Gasteiger partial charge in [0.2, 0.25) is 0 Å². The van der Waals surface area contributed by atoms with E-state index in [1.807, 2.05) is 6.07 Å². The molecule has 0 aliphatic carbocycles. The highest BCUT2D eigenvalue weighted by molar-refractivity contribution is 5.52. The summed E-state index contributed by atoms with van der Waals surface area (Å²) in [6, 6.07) is 6.27. The molecule has 0 unspecified atom stereocenters. The first kappa shape index (κ1) is 11.1. The largest absolute Gasteiger partial charge is 0.398 e. The summed E-state index contributed by atoms with van der Waals surface area (Å²) >= 11 is 0. The molecule has 1 saturated heterocycles. The van der Waals surface area contributed by atoms with Crippen LogP contribution < -0.4 is 5.73 Å². The van der Waals surface area contributed by atoms with Crippen molar-refractivity contribution in [3.8, 4) is 0 Å². The van der Waals surface area contributed by atoms with Crippen molar-refractivity contribution in [1.29, 1.82) is 0 Å². The number of ether oxygens (including phenoxy) is 1. The number of nitrogens with zero attached hydrogens (tertiary/aromatic N) is 1. The quantitative estimate of drug-likeness (QED) is 0.754. The van der Waals surface area contributed by atoms with Crippen molar-refractivity contribution in [2.45, 2.75) is 38.4 Å². The van der Waals surface area contributed by atoms with Crippen LogP contribution in [0.15, 0.2) is 18.2 Å². The first-order valence-electron chi connectivity index (χ1n) is 6.38. The maximum absolute atomic E-state index is 6.06. The molecule has 0 bridgehead atoms. The minimum atomic E-state index is 0.281. The van der Waals surface area contributed by atoms with Crippen molar-refractivity contribution < 1.29 is 4.74 Å². The van der Waals surface area contributed by atoms with Gasteiger partial charge in [-0.25, -0.2) is 0 Å². The molecule has 0 spiro atoms. The molecule has 0 radical (unpaired) electrons. The zero-order valence-corrected chi connectivity index (χ0v) is 10.4. The summed E-state index contributed by atoms with van der Waals surface area (Å²) in [6.07, 6.45) is 2.25. The molecule has 92 valence electrons. The van der Waals surface area contributed by atoms with Crippen molar-refractivity contribution in [2.75, 3.05) is 18.9 Å². The maximum Gasteiger partial charge on any atom is 0.0483 e. The van der Waals surface area contributed by atoms with Crippen molar-refractivity contribution in [2.24, 2.45) is 0 Å². The molecule has 17 heavy (non-hydrogen) atoms. The fourth-order valence-corrected chi connectivity index (χ4v) is 2.96. The van der Waals surface area contributed by atoms with E-state index >= 15 is 0 Å². The van der Waals surface area contributed by atoms with Crippen LogP contribution in [0.1, 0.15) is 30.9 Å². The predicted octanol–water partition coefficient (Wildman–Crippen LogP) is 2.15. The van der Waals surface area contributed by atoms with E-state index in [9.17, 15) is 0 Å². The molecule has 2 aliphatic heterocycles. The first-order valence-corrected chi connectivity index (χ1v) is 6.38. The molecule has 3 nitrogen and oxygen atoms in total. The summed E-state index contributed by atoms with van der Waals surface area (Å²) in [4.78, 5) is 2.57. The van der Waals surface area contributed by atoms with Crippen molar-refractivity contribution in [3.05, 3.63) is 29.3 Å². The van der Waals surface area contributed by atoms with Gasteiger partial charge in [0.1, 0.15) is 0 Å². The van der Waals surface area contributed by atoms with E-state index in [2.05, 4.69) is 24.0 Å². The molecule has 0 atom stereocenters. The Hall–Kier alpha value is -1.06. The molecule has 1 fully saturated rings. The topological polar surface area (TPSA) is 38.5 Å². The standard InChI is InChI=1S/C14H20N2O/c1-14(5-7-17-8-6-14)16-9-11-3-2-4-13(15)12(11)10-16/h2-4H,5-10,15H2,1H3. The molecule has 0 saturated carbocycles. The van der Waals surface area contributed by atoms with Crippen LogP contribution in [0.2, 0.25) is 0 Å². The molecule has 1 aromatic carbocycles. The lowest BCUT2D eigenvalue weighted by molar-refractivity contribution is -0.0214. The van der Waals surface area contributed by atoms with Gasteiger partial charge in [-0.2, -0.15) is 0 Å². The summed E-state index contributed by atoms with van der Waals surface area (Å²) in [7, 11) is 0. The highest BCUT2D eigenvalue weighted by Gasteiger charge is 2.37. The fourth-order valence-electron chi connectivity index (χ4n) is 2.96. The summed E-state index contributed by atoms with van der Waals surface area (Å²) in [5.41, 5.74) is 10.0. The lowest BCUT2D eigenvalue weighted by Gasteiger charge is -2.41. The van der Waals surface area contributed by atoms with Crippen LogP contribution in [0.4, 0.5) is 5.69 Å². The van der Waals surface area contributed by atoms with Crippen LogP contribution >= 0.6 is 0 Å². The SMILES string of the molecule is CC1(N2Cc3cccc(N)c3C2)CCOCC1.